The summed E-state index contributed by atoms with van der Waals surface area (Å²) in [6.07, 6.45) is 16.4. The van der Waals surface area contributed by atoms with Gasteiger partial charge in [-0.2, -0.15) is 0 Å². The van der Waals surface area contributed by atoms with Crippen LogP contribution in [0.1, 0.15) is 110 Å². The zero-order chi connectivity index (χ0) is 18.8. The number of hydrogen-bond acceptors (Lipinski definition) is 4. The number of esters is 1. The summed E-state index contributed by atoms with van der Waals surface area (Å²) in [5.74, 6) is -0.522. The summed E-state index contributed by atoms with van der Waals surface area (Å²) in [5, 5.41) is 18.9. The largest absolute Gasteiger partial charge is 0.464 e. The normalized spacial score (nSPS) is 13.6. The molecule has 0 aliphatic rings. The fourth-order valence-electron chi connectivity index (χ4n) is 2.96. The van der Waals surface area contributed by atoms with Gasteiger partial charge in [0, 0.05) is 0 Å². The molecule has 0 radical (unpaired) electrons. The minimum absolute atomic E-state index is 0.0835. The maximum absolute atomic E-state index is 11.0. The topological polar surface area (TPSA) is 66.8 Å². The monoisotopic (exact) mass is 358 g/mol. The Kier molecular flexibility index (Phi) is 17.7. The van der Waals surface area contributed by atoms with Gasteiger partial charge >= 0.3 is 5.97 Å². The Hall–Kier alpha value is -0.610. The summed E-state index contributed by atoms with van der Waals surface area (Å²) in [5.41, 5.74) is 0. The van der Waals surface area contributed by atoms with Gasteiger partial charge in [-0.3, -0.25) is 0 Å². The smallest absolute Gasteiger partial charge is 0.334 e. The van der Waals surface area contributed by atoms with E-state index >= 15 is 0 Å². The molecule has 2 N–H and O–H groups in total. The third-order valence-electron chi connectivity index (χ3n) is 4.66. The van der Waals surface area contributed by atoms with E-state index in [1.807, 2.05) is 0 Å². The van der Waals surface area contributed by atoms with Crippen LogP contribution >= 0.6 is 0 Å². The Morgan fingerprint density at radius 3 is 1.68 bits per heavy atom. The predicted molar refractivity (Wildman–Crippen MR) is 104 cm³/mol. The molecule has 0 heterocycles. The molecular formula is C21H42O4. The van der Waals surface area contributed by atoms with E-state index in [0.717, 1.165) is 32.1 Å². The van der Waals surface area contributed by atoms with E-state index in [2.05, 4.69) is 6.92 Å². The molecule has 2 atom stereocenters. The summed E-state index contributed by atoms with van der Waals surface area (Å²) in [6.45, 7) is 4.06. The highest BCUT2D eigenvalue weighted by atomic mass is 16.5. The molecule has 25 heavy (non-hydrogen) atoms. The number of aliphatic hydroxyl groups is 2. The average Bonchev–Trinajstić information content (AvgIpc) is 2.59. The van der Waals surface area contributed by atoms with Crippen molar-refractivity contribution in [3.05, 3.63) is 0 Å². The highest BCUT2D eigenvalue weighted by Gasteiger charge is 2.08. The number of aliphatic hydroxyl groups excluding tert-OH is 2. The van der Waals surface area contributed by atoms with Crippen molar-refractivity contribution >= 4 is 5.97 Å². The second-order valence-electron chi connectivity index (χ2n) is 7.32. The van der Waals surface area contributed by atoms with Crippen molar-refractivity contribution in [3.8, 4) is 0 Å². The Labute approximate surface area is 155 Å². The quantitative estimate of drug-likeness (QED) is 0.263. The Bertz CT molecular complexity index is 292. The first-order valence-corrected chi connectivity index (χ1v) is 10.6. The first-order chi connectivity index (χ1) is 12.1. The van der Waals surface area contributed by atoms with Gasteiger partial charge in [-0.15, -0.1) is 0 Å². The maximum Gasteiger partial charge on any atom is 0.334 e. The summed E-state index contributed by atoms with van der Waals surface area (Å²) in [6, 6.07) is 0. The van der Waals surface area contributed by atoms with Crippen LogP contribution in [0, 0.1) is 0 Å². The van der Waals surface area contributed by atoms with Crippen molar-refractivity contribution in [3.63, 3.8) is 0 Å². The zero-order valence-electron chi connectivity index (χ0n) is 16.7. The molecule has 0 aliphatic heterocycles. The van der Waals surface area contributed by atoms with Gasteiger partial charge in [-0.1, -0.05) is 84.0 Å². The van der Waals surface area contributed by atoms with Crippen LogP contribution in [-0.2, 0) is 9.53 Å². The second kappa shape index (κ2) is 18.2. The predicted octanol–water partition coefficient (Wildman–Crippen LogP) is 5.14. The van der Waals surface area contributed by atoms with Crippen molar-refractivity contribution in [1.29, 1.82) is 0 Å². The van der Waals surface area contributed by atoms with E-state index in [0.29, 0.717) is 6.61 Å². The maximum atomic E-state index is 11.0. The lowest BCUT2D eigenvalue weighted by Gasteiger charge is -2.10. The van der Waals surface area contributed by atoms with Crippen LogP contribution in [0.4, 0.5) is 0 Å². The van der Waals surface area contributed by atoms with Gasteiger partial charge in [-0.05, 0) is 26.2 Å². The fraction of sp³-hybridized carbons (Fsp3) is 0.952. The molecule has 0 aromatic heterocycles. The van der Waals surface area contributed by atoms with Gasteiger partial charge in [-0.25, -0.2) is 4.79 Å². The van der Waals surface area contributed by atoms with Crippen LogP contribution in [0.5, 0.6) is 0 Å². The van der Waals surface area contributed by atoms with E-state index in [1.165, 1.54) is 71.1 Å². The van der Waals surface area contributed by atoms with E-state index in [9.17, 15) is 9.90 Å². The van der Waals surface area contributed by atoms with Crippen LogP contribution in [0.15, 0.2) is 0 Å². The number of rotatable bonds is 18. The zero-order valence-corrected chi connectivity index (χ0v) is 16.7. The van der Waals surface area contributed by atoms with E-state index in [4.69, 9.17) is 9.84 Å². The molecule has 0 fully saturated rings. The minimum atomic E-state index is -1.01. The van der Waals surface area contributed by atoms with Crippen molar-refractivity contribution < 1.29 is 19.7 Å². The molecule has 4 heteroatoms. The molecule has 0 saturated heterocycles. The van der Waals surface area contributed by atoms with Gasteiger partial charge in [0.15, 0.2) is 0 Å². The third-order valence-corrected chi connectivity index (χ3v) is 4.66. The van der Waals surface area contributed by atoms with Crippen molar-refractivity contribution in [2.45, 2.75) is 122 Å². The lowest BCUT2D eigenvalue weighted by molar-refractivity contribution is -0.152. The SMILES string of the molecule is CCCCCCC(O)CCCCCCCCCCCOC(=O)C(C)O. The lowest BCUT2D eigenvalue weighted by Crippen LogP contribution is -2.19. The Morgan fingerprint density at radius 1 is 0.760 bits per heavy atom. The minimum Gasteiger partial charge on any atom is -0.464 e. The molecule has 0 saturated carbocycles. The molecule has 0 aromatic rings. The molecule has 0 aliphatic carbocycles. The molecule has 0 amide bonds. The number of unbranched alkanes of at least 4 members (excludes halogenated alkanes) is 11. The molecule has 150 valence electrons. The standard InChI is InChI=1S/C21H42O4/c1-3-4-5-13-16-20(23)17-14-11-9-7-6-8-10-12-15-18-25-21(24)19(2)22/h19-20,22-23H,3-18H2,1-2H3. The van der Waals surface area contributed by atoms with Gasteiger partial charge in [0.05, 0.1) is 12.7 Å². The summed E-state index contributed by atoms with van der Waals surface area (Å²) in [7, 11) is 0. The van der Waals surface area contributed by atoms with Crippen molar-refractivity contribution in [2.24, 2.45) is 0 Å². The van der Waals surface area contributed by atoms with E-state index in [-0.39, 0.29) is 6.10 Å². The third kappa shape index (κ3) is 18.0. The molecule has 2 unspecified atom stereocenters. The van der Waals surface area contributed by atoms with E-state index < -0.39 is 12.1 Å². The molecule has 0 aromatic carbocycles. The lowest BCUT2D eigenvalue weighted by atomic mass is 10.0. The highest BCUT2D eigenvalue weighted by molar-refractivity contribution is 5.73. The highest BCUT2D eigenvalue weighted by Crippen LogP contribution is 2.14. The number of ether oxygens (including phenoxy) is 1. The molecular weight excluding hydrogens is 316 g/mol. The van der Waals surface area contributed by atoms with Crippen molar-refractivity contribution in [2.75, 3.05) is 6.61 Å². The van der Waals surface area contributed by atoms with Crippen LogP contribution in [0.25, 0.3) is 0 Å². The number of carbonyl (C=O) groups excluding carboxylic acids is 1. The molecule has 0 rings (SSSR count). The van der Waals surface area contributed by atoms with Gasteiger partial charge in [0.1, 0.15) is 6.10 Å². The fourth-order valence-corrected chi connectivity index (χ4v) is 2.96. The van der Waals surface area contributed by atoms with Gasteiger partial charge < -0.3 is 14.9 Å². The van der Waals surface area contributed by atoms with Gasteiger partial charge in [0.25, 0.3) is 0 Å². The van der Waals surface area contributed by atoms with Crippen LogP contribution in [0.3, 0.4) is 0 Å². The first-order valence-electron chi connectivity index (χ1n) is 10.6. The average molecular weight is 359 g/mol. The summed E-state index contributed by atoms with van der Waals surface area (Å²) in [4.78, 5) is 11.0. The molecule has 0 bridgehead atoms. The first kappa shape index (κ1) is 24.4. The second-order valence-corrected chi connectivity index (χ2v) is 7.32. The Morgan fingerprint density at radius 2 is 1.20 bits per heavy atom. The summed E-state index contributed by atoms with van der Waals surface area (Å²) < 4.78 is 4.92. The van der Waals surface area contributed by atoms with Crippen LogP contribution in [-0.4, -0.2) is 35.0 Å². The van der Waals surface area contributed by atoms with Gasteiger partial charge in [0.2, 0.25) is 0 Å². The van der Waals surface area contributed by atoms with Crippen molar-refractivity contribution in [1.82, 2.24) is 0 Å². The summed E-state index contributed by atoms with van der Waals surface area (Å²) >= 11 is 0. The number of carbonyl (C=O) groups is 1. The van der Waals surface area contributed by atoms with E-state index in [1.54, 1.807) is 0 Å². The number of hydrogen-bond donors (Lipinski definition) is 2. The van der Waals surface area contributed by atoms with Crippen LogP contribution < -0.4 is 0 Å². The van der Waals surface area contributed by atoms with Crippen LogP contribution in [0.2, 0.25) is 0 Å². The Balaban J connectivity index is 3.17. The molecule has 0 spiro atoms. The molecule has 4 nitrogen and oxygen atoms in total.